The summed E-state index contributed by atoms with van der Waals surface area (Å²) < 4.78 is 13.2. The lowest BCUT2D eigenvalue weighted by atomic mass is 10.2. The molecule has 0 spiro atoms. The van der Waals surface area contributed by atoms with Crippen LogP contribution in [0.3, 0.4) is 0 Å². The molecule has 0 fully saturated rings. The molecule has 0 saturated carbocycles. The zero-order chi connectivity index (χ0) is 12.3. The van der Waals surface area contributed by atoms with Crippen LogP contribution >= 0.6 is 0 Å². The number of aryl methyl sites for hydroxylation is 1. The van der Waals surface area contributed by atoms with E-state index in [0.29, 0.717) is 5.69 Å². The first-order valence-corrected chi connectivity index (χ1v) is 5.01. The molecule has 5 heteroatoms. The molecule has 0 saturated heterocycles. The molecule has 2 aromatic rings. The minimum Gasteiger partial charge on any atom is -0.322 e. The molecule has 2 heterocycles. The van der Waals surface area contributed by atoms with Crippen molar-refractivity contribution in [3.05, 3.63) is 53.9 Å². The molecule has 4 nitrogen and oxygen atoms in total. The third kappa shape index (κ3) is 2.63. The lowest BCUT2D eigenvalue weighted by Crippen LogP contribution is -2.14. The second-order valence-corrected chi connectivity index (χ2v) is 3.48. The van der Waals surface area contributed by atoms with Gasteiger partial charge in [-0.05, 0) is 31.2 Å². The van der Waals surface area contributed by atoms with Gasteiger partial charge in [-0.15, -0.1) is 0 Å². The number of halogens is 1. The van der Waals surface area contributed by atoms with Crippen LogP contribution in [0.15, 0.2) is 36.7 Å². The Bertz CT molecular complexity index is 557. The molecule has 2 aromatic heterocycles. The summed E-state index contributed by atoms with van der Waals surface area (Å²) in [6, 6.07) is 6.23. The van der Waals surface area contributed by atoms with Crippen molar-refractivity contribution in [2.75, 3.05) is 5.32 Å². The molecule has 0 atom stereocenters. The molecule has 1 N–H and O–H groups in total. The maximum Gasteiger partial charge on any atom is 0.260 e. The van der Waals surface area contributed by atoms with E-state index < -0.39 is 11.9 Å². The van der Waals surface area contributed by atoms with Crippen molar-refractivity contribution in [2.45, 2.75) is 6.92 Å². The molecule has 2 rings (SSSR count). The van der Waals surface area contributed by atoms with Gasteiger partial charge in [0, 0.05) is 23.8 Å². The maximum atomic E-state index is 13.2. The van der Waals surface area contributed by atoms with E-state index in [1.165, 1.54) is 18.3 Å². The summed E-state index contributed by atoms with van der Waals surface area (Å²) >= 11 is 0. The molecule has 0 unspecified atom stereocenters. The molecule has 86 valence electrons. The Morgan fingerprint density at radius 1 is 1.29 bits per heavy atom. The molecule has 0 aliphatic rings. The van der Waals surface area contributed by atoms with E-state index in [9.17, 15) is 9.18 Å². The van der Waals surface area contributed by atoms with Gasteiger partial charge in [0.25, 0.3) is 5.91 Å². The number of hydrogen-bond acceptors (Lipinski definition) is 3. The smallest absolute Gasteiger partial charge is 0.260 e. The summed E-state index contributed by atoms with van der Waals surface area (Å²) in [4.78, 5) is 19.2. The average molecular weight is 231 g/mol. The van der Waals surface area contributed by atoms with Crippen LogP contribution in [0.4, 0.5) is 10.1 Å². The van der Waals surface area contributed by atoms with Crippen LogP contribution < -0.4 is 5.32 Å². The Kier molecular flexibility index (Phi) is 3.09. The molecule has 0 aliphatic heterocycles. The molecule has 0 bridgehead atoms. The van der Waals surface area contributed by atoms with Crippen LogP contribution in [-0.4, -0.2) is 15.9 Å². The first-order chi connectivity index (χ1) is 8.16. The van der Waals surface area contributed by atoms with Gasteiger partial charge >= 0.3 is 0 Å². The summed E-state index contributed by atoms with van der Waals surface area (Å²) in [5.74, 6) is -1.31. The van der Waals surface area contributed by atoms with E-state index in [4.69, 9.17) is 0 Å². The van der Waals surface area contributed by atoms with Crippen LogP contribution in [-0.2, 0) is 0 Å². The Morgan fingerprint density at radius 3 is 2.82 bits per heavy atom. The van der Waals surface area contributed by atoms with Crippen LogP contribution in [0.2, 0.25) is 0 Å². The number of aromatic nitrogens is 2. The summed E-state index contributed by atoms with van der Waals surface area (Å²) in [5, 5.41) is 2.58. The van der Waals surface area contributed by atoms with Gasteiger partial charge in [0.2, 0.25) is 5.95 Å². The summed E-state index contributed by atoms with van der Waals surface area (Å²) in [6.45, 7) is 1.81. The molecule has 0 radical (unpaired) electrons. The van der Waals surface area contributed by atoms with Crippen LogP contribution in [0.25, 0.3) is 0 Å². The summed E-state index contributed by atoms with van der Waals surface area (Å²) in [7, 11) is 0. The van der Waals surface area contributed by atoms with Gasteiger partial charge in [0.1, 0.15) is 0 Å². The van der Waals surface area contributed by atoms with E-state index in [2.05, 4.69) is 15.3 Å². The van der Waals surface area contributed by atoms with Crippen molar-refractivity contribution in [3.8, 4) is 0 Å². The Labute approximate surface area is 97.5 Å². The fourth-order valence-corrected chi connectivity index (χ4v) is 1.38. The van der Waals surface area contributed by atoms with Gasteiger partial charge in [0.15, 0.2) is 0 Å². The number of amides is 1. The van der Waals surface area contributed by atoms with E-state index in [1.54, 1.807) is 25.3 Å². The highest BCUT2D eigenvalue weighted by molar-refractivity contribution is 6.04. The zero-order valence-corrected chi connectivity index (χ0v) is 9.14. The zero-order valence-electron chi connectivity index (χ0n) is 9.14. The lowest BCUT2D eigenvalue weighted by molar-refractivity contribution is 0.102. The van der Waals surface area contributed by atoms with Crippen molar-refractivity contribution >= 4 is 11.6 Å². The van der Waals surface area contributed by atoms with E-state index in [-0.39, 0.29) is 5.56 Å². The summed E-state index contributed by atoms with van der Waals surface area (Å²) in [6.07, 6.45) is 2.87. The number of rotatable bonds is 2. The number of nitrogens with one attached hydrogen (secondary N) is 1. The monoisotopic (exact) mass is 231 g/mol. The summed E-state index contributed by atoms with van der Waals surface area (Å²) in [5.41, 5.74) is 1.27. The maximum absolute atomic E-state index is 13.2. The Hall–Kier alpha value is -2.30. The van der Waals surface area contributed by atoms with Crippen molar-refractivity contribution in [2.24, 2.45) is 0 Å². The van der Waals surface area contributed by atoms with Gasteiger partial charge in [-0.25, -0.2) is 4.98 Å². The van der Waals surface area contributed by atoms with E-state index in [1.807, 2.05) is 0 Å². The number of hydrogen-bond donors (Lipinski definition) is 1. The van der Waals surface area contributed by atoms with E-state index in [0.717, 1.165) is 5.69 Å². The topological polar surface area (TPSA) is 54.9 Å². The van der Waals surface area contributed by atoms with Crippen molar-refractivity contribution in [3.63, 3.8) is 0 Å². The predicted molar refractivity (Wildman–Crippen MR) is 61.1 cm³/mol. The van der Waals surface area contributed by atoms with Crippen molar-refractivity contribution < 1.29 is 9.18 Å². The second-order valence-electron chi connectivity index (χ2n) is 3.48. The lowest BCUT2D eigenvalue weighted by Gasteiger charge is -2.05. The van der Waals surface area contributed by atoms with Gasteiger partial charge < -0.3 is 5.32 Å². The van der Waals surface area contributed by atoms with Gasteiger partial charge in [0.05, 0.1) is 5.56 Å². The Balaban J connectivity index is 2.20. The number of nitrogens with zero attached hydrogens (tertiary/aromatic N) is 2. The SMILES string of the molecule is Cc1cc(NC(=O)c2cccnc2F)ccn1. The third-order valence-corrected chi connectivity index (χ3v) is 2.16. The number of pyridine rings is 2. The second kappa shape index (κ2) is 4.69. The highest BCUT2D eigenvalue weighted by atomic mass is 19.1. The van der Waals surface area contributed by atoms with Crippen LogP contribution in [0.1, 0.15) is 16.1 Å². The fourth-order valence-electron chi connectivity index (χ4n) is 1.38. The normalized spacial score (nSPS) is 10.0. The fraction of sp³-hybridized carbons (Fsp3) is 0.0833. The standard InChI is InChI=1S/C12H10FN3O/c1-8-7-9(4-6-14-8)16-12(17)10-3-2-5-15-11(10)13/h2-7H,1H3,(H,14,16,17). The van der Waals surface area contributed by atoms with Gasteiger partial charge in [-0.3, -0.25) is 9.78 Å². The van der Waals surface area contributed by atoms with Crippen LogP contribution in [0.5, 0.6) is 0 Å². The van der Waals surface area contributed by atoms with Gasteiger partial charge in [-0.2, -0.15) is 4.39 Å². The predicted octanol–water partition coefficient (Wildman–Crippen LogP) is 2.18. The molecule has 0 aromatic carbocycles. The minimum absolute atomic E-state index is 0.0815. The molecule has 1 amide bonds. The van der Waals surface area contributed by atoms with Crippen molar-refractivity contribution in [1.29, 1.82) is 0 Å². The first-order valence-electron chi connectivity index (χ1n) is 5.01. The quantitative estimate of drug-likeness (QED) is 0.806. The minimum atomic E-state index is -0.782. The number of carbonyl (C=O) groups excluding carboxylic acids is 1. The Morgan fingerprint density at radius 2 is 2.12 bits per heavy atom. The van der Waals surface area contributed by atoms with Gasteiger partial charge in [-0.1, -0.05) is 0 Å². The largest absolute Gasteiger partial charge is 0.322 e. The highest BCUT2D eigenvalue weighted by Crippen LogP contribution is 2.10. The average Bonchev–Trinajstić information content (AvgIpc) is 2.29. The highest BCUT2D eigenvalue weighted by Gasteiger charge is 2.11. The number of carbonyl (C=O) groups is 1. The molecule has 0 aliphatic carbocycles. The first kappa shape index (κ1) is 11.2. The molecular weight excluding hydrogens is 221 g/mol. The molecular formula is C12H10FN3O. The van der Waals surface area contributed by atoms with E-state index >= 15 is 0 Å². The molecule has 17 heavy (non-hydrogen) atoms. The van der Waals surface area contributed by atoms with Crippen molar-refractivity contribution in [1.82, 2.24) is 9.97 Å². The third-order valence-electron chi connectivity index (χ3n) is 2.16. The number of anilines is 1. The van der Waals surface area contributed by atoms with Crippen LogP contribution in [0, 0.1) is 12.9 Å².